The van der Waals surface area contributed by atoms with E-state index < -0.39 is 17.1 Å². The summed E-state index contributed by atoms with van der Waals surface area (Å²) in [4.78, 5) is 25.6. The van der Waals surface area contributed by atoms with Gasteiger partial charge in [-0.15, -0.1) is 11.8 Å². The number of Topliss-reactive ketones (excluding diaryl/α,β-unsaturated/α-hetero) is 1. The lowest BCUT2D eigenvalue weighted by atomic mass is 9.94. The summed E-state index contributed by atoms with van der Waals surface area (Å²) in [5.74, 6) is -1.60. The van der Waals surface area contributed by atoms with E-state index >= 15 is 0 Å². The first-order valence-electron chi connectivity index (χ1n) is 8.18. The standard InChI is InChI=1S/C20H23NO3S/c1-4-24-20(23)18(14(3)22)19(15-11-9-13(2)10-12-15)25-17-8-6-5-7-16(17)21/h5-12,18-19H,4,21H2,1-3H3. The number of hydrogen-bond acceptors (Lipinski definition) is 5. The molecule has 4 nitrogen and oxygen atoms in total. The molecular weight excluding hydrogens is 334 g/mol. The van der Waals surface area contributed by atoms with Gasteiger partial charge in [-0.05, 0) is 38.5 Å². The molecule has 2 N–H and O–H groups in total. The summed E-state index contributed by atoms with van der Waals surface area (Å²) >= 11 is 1.42. The highest BCUT2D eigenvalue weighted by molar-refractivity contribution is 7.99. The number of benzene rings is 2. The zero-order valence-corrected chi connectivity index (χ0v) is 15.5. The van der Waals surface area contributed by atoms with Crippen molar-refractivity contribution in [1.29, 1.82) is 0 Å². The maximum Gasteiger partial charge on any atom is 0.317 e. The number of thioether (sulfide) groups is 1. The molecule has 0 amide bonds. The average molecular weight is 357 g/mol. The van der Waals surface area contributed by atoms with Crippen molar-refractivity contribution in [2.24, 2.45) is 5.92 Å². The Bertz CT molecular complexity index is 743. The molecule has 25 heavy (non-hydrogen) atoms. The van der Waals surface area contributed by atoms with Crippen LogP contribution < -0.4 is 5.73 Å². The molecule has 0 radical (unpaired) electrons. The predicted octanol–water partition coefficient (Wildman–Crippen LogP) is 4.18. The van der Waals surface area contributed by atoms with Gasteiger partial charge in [0.2, 0.25) is 0 Å². The second kappa shape index (κ2) is 8.72. The Morgan fingerprint density at radius 3 is 2.32 bits per heavy atom. The summed E-state index contributed by atoms with van der Waals surface area (Å²) in [6, 6.07) is 15.3. The van der Waals surface area contributed by atoms with Crippen LogP contribution in [0.2, 0.25) is 0 Å². The zero-order chi connectivity index (χ0) is 18.4. The minimum atomic E-state index is -0.882. The second-order valence-corrected chi connectivity index (χ2v) is 7.01. The Labute approximate surface area is 152 Å². The molecule has 132 valence electrons. The number of hydrogen-bond donors (Lipinski definition) is 1. The van der Waals surface area contributed by atoms with Gasteiger partial charge in [0.05, 0.1) is 11.9 Å². The average Bonchev–Trinajstić information content (AvgIpc) is 2.57. The van der Waals surface area contributed by atoms with Gasteiger partial charge < -0.3 is 10.5 Å². The van der Waals surface area contributed by atoms with E-state index in [9.17, 15) is 9.59 Å². The third kappa shape index (κ3) is 4.86. The third-order valence-corrected chi connectivity index (χ3v) is 5.28. The fourth-order valence-corrected chi connectivity index (χ4v) is 3.91. The van der Waals surface area contributed by atoms with Crippen LogP contribution in [0.3, 0.4) is 0 Å². The number of ketones is 1. The largest absolute Gasteiger partial charge is 0.465 e. The van der Waals surface area contributed by atoms with Gasteiger partial charge in [0, 0.05) is 10.6 Å². The lowest BCUT2D eigenvalue weighted by Crippen LogP contribution is -2.29. The van der Waals surface area contributed by atoms with Gasteiger partial charge in [0.15, 0.2) is 0 Å². The number of para-hydroxylation sites is 1. The van der Waals surface area contributed by atoms with Gasteiger partial charge in [-0.3, -0.25) is 9.59 Å². The molecule has 2 unspecified atom stereocenters. The molecule has 0 saturated heterocycles. The molecule has 0 spiro atoms. The molecule has 5 heteroatoms. The fraction of sp³-hybridized carbons (Fsp3) is 0.300. The number of ether oxygens (including phenoxy) is 1. The van der Waals surface area contributed by atoms with Crippen LogP contribution in [0.1, 0.15) is 30.2 Å². The van der Waals surface area contributed by atoms with E-state index in [-0.39, 0.29) is 12.4 Å². The summed E-state index contributed by atoms with van der Waals surface area (Å²) in [7, 11) is 0. The molecule has 0 heterocycles. The molecule has 0 aromatic heterocycles. The third-order valence-electron chi connectivity index (χ3n) is 3.86. The maximum absolute atomic E-state index is 12.5. The van der Waals surface area contributed by atoms with E-state index in [0.29, 0.717) is 5.69 Å². The van der Waals surface area contributed by atoms with Gasteiger partial charge in [0.1, 0.15) is 11.7 Å². The number of carbonyl (C=O) groups is 2. The van der Waals surface area contributed by atoms with E-state index in [1.165, 1.54) is 18.7 Å². The lowest BCUT2D eigenvalue weighted by molar-refractivity contribution is -0.151. The highest BCUT2D eigenvalue weighted by Crippen LogP contribution is 2.43. The van der Waals surface area contributed by atoms with Crippen LogP contribution >= 0.6 is 11.8 Å². The van der Waals surface area contributed by atoms with Crippen molar-refractivity contribution >= 4 is 29.2 Å². The zero-order valence-electron chi connectivity index (χ0n) is 14.7. The number of rotatable bonds is 7. The van der Waals surface area contributed by atoms with Crippen molar-refractivity contribution in [1.82, 2.24) is 0 Å². The van der Waals surface area contributed by atoms with E-state index in [1.54, 1.807) is 6.92 Å². The SMILES string of the molecule is CCOC(=O)C(C(C)=O)C(Sc1ccccc1N)c1ccc(C)cc1. The van der Waals surface area contributed by atoms with Crippen LogP contribution in [0.4, 0.5) is 5.69 Å². The Morgan fingerprint density at radius 2 is 1.76 bits per heavy atom. The molecular formula is C20H23NO3S. The first kappa shape index (κ1) is 19.1. The molecule has 0 aliphatic carbocycles. The Hall–Kier alpha value is -2.27. The number of nitrogens with two attached hydrogens (primary N) is 1. The van der Waals surface area contributed by atoms with Crippen LogP contribution in [0.5, 0.6) is 0 Å². The second-order valence-electron chi connectivity index (χ2n) is 5.83. The topological polar surface area (TPSA) is 69.4 Å². The Kier molecular flexibility index (Phi) is 6.65. The minimum absolute atomic E-state index is 0.217. The molecule has 0 saturated carbocycles. The summed E-state index contributed by atoms with van der Waals surface area (Å²) in [6.07, 6.45) is 0. The quantitative estimate of drug-likeness (QED) is 0.348. The van der Waals surface area contributed by atoms with Gasteiger partial charge >= 0.3 is 5.97 Å². The normalized spacial score (nSPS) is 13.1. The number of carbonyl (C=O) groups excluding carboxylic acids is 2. The molecule has 0 bridgehead atoms. The summed E-state index contributed by atoms with van der Waals surface area (Å²) < 4.78 is 5.16. The Morgan fingerprint density at radius 1 is 1.12 bits per heavy atom. The van der Waals surface area contributed by atoms with Gasteiger partial charge in [-0.2, -0.15) is 0 Å². The molecule has 2 atom stereocenters. The maximum atomic E-state index is 12.5. The van der Waals surface area contributed by atoms with Crippen LogP contribution in [0.15, 0.2) is 53.4 Å². The molecule has 0 aliphatic rings. The van der Waals surface area contributed by atoms with Crippen molar-refractivity contribution in [3.8, 4) is 0 Å². The van der Waals surface area contributed by atoms with Crippen LogP contribution in [-0.4, -0.2) is 18.4 Å². The summed E-state index contributed by atoms with van der Waals surface area (Å²) in [6.45, 7) is 5.40. The van der Waals surface area contributed by atoms with Crippen molar-refractivity contribution in [2.45, 2.75) is 30.9 Å². The monoisotopic (exact) mass is 357 g/mol. The summed E-state index contributed by atoms with van der Waals surface area (Å²) in [5, 5.41) is -0.401. The molecule has 0 aliphatic heterocycles. The Balaban J connectivity index is 2.46. The van der Waals surface area contributed by atoms with E-state index in [1.807, 2.05) is 55.5 Å². The number of aryl methyl sites for hydroxylation is 1. The fourth-order valence-electron chi connectivity index (χ4n) is 2.54. The molecule has 0 fully saturated rings. The smallest absolute Gasteiger partial charge is 0.317 e. The molecule has 2 aromatic carbocycles. The molecule has 2 rings (SSSR count). The highest BCUT2D eigenvalue weighted by atomic mass is 32.2. The lowest BCUT2D eigenvalue weighted by Gasteiger charge is -2.24. The van der Waals surface area contributed by atoms with Gasteiger partial charge in [-0.1, -0.05) is 42.0 Å². The minimum Gasteiger partial charge on any atom is -0.465 e. The first-order valence-corrected chi connectivity index (χ1v) is 9.06. The predicted molar refractivity (Wildman–Crippen MR) is 101 cm³/mol. The summed E-state index contributed by atoms with van der Waals surface area (Å²) in [5.41, 5.74) is 8.69. The number of anilines is 1. The number of esters is 1. The molecule has 2 aromatic rings. The van der Waals surface area contributed by atoms with Gasteiger partial charge in [-0.25, -0.2) is 0 Å². The first-order chi connectivity index (χ1) is 11.9. The van der Waals surface area contributed by atoms with Gasteiger partial charge in [0.25, 0.3) is 0 Å². The van der Waals surface area contributed by atoms with Crippen molar-refractivity contribution in [2.75, 3.05) is 12.3 Å². The van der Waals surface area contributed by atoms with Crippen molar-refractivity contribution in [3.63, 3.8) is 0 Å². The highest BCUT2D eigenvalue weighted by Gasteiger charge is 2.35. The van der Waals surface area contributed by atoms with Crippen LogP contribution in [0.25, 0.3) is 0 Å². The van der Waals surface area contributed by atoms with Crippen LogP contribution in [-0.2, 0) is 14.3 Å². The van der Waals surface area contributed by atoms with Crippen molar-refractivity contribution < 1.29 is 14.3 Å². The van der Waals surface area contributed by atoms with Crippen LogP contribution in [0, 0.1) is 12.8 Å². The van der Waals surface area contributed by atoms with Crippen molar-refractivity contribution in [3.05, 3.63) is 59.7 Å². The van der Waals surface area contributed by atoms with E-state index in [2.05, 4.69) is 0 Å². The number of nitrogen functional groups attached to an aromatic ring is 1. The van der Waals surface area contributed by atoms with E-state index in [4.69, 9.17) is 10.5 Å². The van der Waals surface area contributed by atoms with E-state index in [0.717, 1.165) is 16.0 Å².